The van der Waals surface area contributed by atoms with Gasteiger partial charge < -0.3 is 14.4 Å². The summed E-state index contributed by atoms with van der Waals surface area (Å²) in [5.74, 6) is 0.777. The van der Waals surface area contributed by atoms with E-state index in [9.17, 15) is 4.79 Å². The lowest BCUT2D eigenvalue weighted by Gasteiger charge is -2.31. The fourth-order valence-corrected chi connectivity index (χ4v) is 2.20. The van der Waals surface area contributed by atoms with Gasteiger partial charge in [-0.2, -0.15) is 0 Å². The van der Waals surface area contributed by atoms with Crippen LogP contribution in [0.15, 0.2) is 24.3 Å². The summed E-state index contributed by atoms with van der Waals surface area (Å²) in [7, 11) is 1.40. The first kappa shape index (κ1) is 13.0. The molecule has 4 nitrogen and oxygen atoms in total. The number of methoxy groups -OCH3 is 1. The average Bonchev–Trinajstić information content (AvgIpc) is 2.39. The van der Waals surface area contributed by atoms with Gasteiger partial charge >= 0.3 is 6.09 Å². The number of piperidine rings is 1. The lowest BCUT2D eigenvalue weighted by molar-refractivity contribution is 0.0791. The number of rotatable bonds is 2. The zero-order valence-electron chi connectivity index (χ0n) is 10.3. The molecule has 1 aliphatic rings. The largest absolute Gasteiger partial charge is 0.490 e. The molecule has 1 fully saturated rings. The molecule has 1 aliphatic heterocycles. The van der Waals surface area contributed by atoms with Crippen LogP contribution in [0.25, 0.3) is 0 Å². The maximum absolute atomic E-state index is 11.3. The molecular formula is C13H16ClNO3. The molecule has 0 spiro atoms. The topological polar surface area (TPSA) is 38.8 Å². The van der Waals surface area contributed by atoms with Gasteiger partial charge in [0.15, 0.2) is 0 Å². The first-order valence-electron chi connectivity index (χ1n) is 5.94. The number of ether oxygens (including phenoxy) is 2. The van der Waals surface area contributed by atoms with Gasteiger partial charge in [-0.3, -0.25) is 0 Å². The minimum absolute atomic E-state index is 0.129. The lowest BCUT2D eigenvalue weighted by Crippen LogP contribution is -2.41. The van der Waals surface area contributed by atoms with Crippen LogP contribution in [0.1, 0.15) is 12.8 Å². The Morgan fingerprint density at radius 2 is 2.11 bits per heavy atom. The zero-order valence-corrected chi connectivity index (χ0v) is 11.0. The monoisotopic (exact) mass is 269 g/mol. The van der Waals surface area contributed by atoms with Gasteiger partial charge in [-0.1, -0.05) is 17.7 Å². The number of hydrogen-bond acceptors (Lipinski definition) is 3. The highest BCUT2D eigenvalue weighted by atomic mass is 35.5. The van der Waals surface area contributed by atoms with E-state index < -0.39 is 0 Å². The standard InChI is InChI=1S/C13H16ClNO3/c1-17-13(16)15-7-5-11(6-8-15)18-12-4-2-3-10(14)9-12/h2-4,9,11H,5-8H2,1H3. The Hall–Kier alpha value is -1.42. The number of carbonyl (C=O) groups is 1. The minimum Gasteiger partial charge on any atom is -0.490 e. The third kappa shape index (κ3) is 3.29. The molecule has 1 aromatic rings. The van der Waals surface area contributed by atoms with Crippen molar-refractivity contribution in [3.63, 3.8) is 0 Å². The molecule has 0 unspecified atom stereocenters. The van der Waals surface area contributed by atoms with Crippen LogP contribution in [0, 0.1) is 0 Å². The maximum atomic E-state index is 11.3. The molecule has 18 heavy (non-hydrogen) atoms. The molecule has 1 saturated heterocycles. The fourth-order valence-electron chi connectivity index (χ4n) is 2.02. The summed E-state index contributed by atoms with van der Waals surface area (Å²) in [4.78, 5) is 13.0. The van der Waals surface area contributed by atoms with Crippen LogP contribution in [-0.4, -0.2) is 37.3 Å². The number of halogens is 1. The summed E-state index contributed by atoms with van der Waals surface area (Å²) in [6, 6.07) is 7.36. The quantitative estimate of drug-likeness (QED) is 0.829. The summed E-state index contributed by atoms with van der Waals surface area (Å²) in [5.41, 5.74) is 0. The van der Waals surface area contributed by atoms with E-state index in [0.29, 0.717) is 18.1 Å². The van der Waals surface area contributed by atoms with Crippen molar-refractivity contribution < 1.29 is 14.3 Å². The maximum Gasteiger partial charge on any atom is 0.409 e. The van der Waals surface area contributed by atoms with Gasteiger partial charge in [0.05, 0.1) is 7.11 Å². The lowest BCUT2D eigenvalue weighted by atomic mass is 10.1. The van der Waals surface area contributed by atoms with Gasteiger partial charge in [0.2, 0.25) is 0 Å². The molecule has 98 valence electrons. The molecule has 0 radical (unpaired) electrons. The Kier molecular flexibility index (Phi) is 4.31. The van der Waals surface area contributed by atoms with Crippen LogP contribution in [0.4, 0.5) is 4.79 Å². The Labute approximate surface area is 111 Å². The second-order valence-corrected chi connectivity index (χ2v) is 4.67. The summed E-state index contributed by atoms with van der Waals surface area (Å²) in [6.45, 7) is 1.33. The van der Waals surface area contributed by atoms with Crippen LogP contribution in [0.2, 0.25) is 5.02 Å². The molecular weight excluding hydrogens is 254 g/mol. The van der Waals surface area contributed by atoms with Gasteiger partial charge in [0.25, 0.3) is 0 Å². The second kappa shape index (κ2) is 5.96. The molecule has 5 heteroatoms. The highest BCUT2D eigenvalue weighted by Gasteiger charge is 2.24. The van der Waals surface area contributed by atoms with Crippen molar-refractivity contribution in [2.24, 2.45) is 0 Å². The molecule has 1 aromatic carbocycles. The highest BCUT2D eigenvalue weighted by molar-refractivity contribution is 6.30. The van der Waals surface area contributed by atoms with Crippen LogP contribution >= 0.6 is 11.6 Å². The molecule has 0 aromatic heterocycles. The van der Waals surface area contributed by atoms with Crippen molar-refractivity contribution in [1.82, 2.24) is 4.90 Å². The van der Waals surface area contributed by atoms with E-state index in [4.69, 9.17) is 16.3 Å². The molecule has 1 amide bonds. The summed E-state index contributed by atoms with van der Waals surface area (Å²) in [5, 5.41) is 0.666. The van der Waals surface area contributed by atoms with Crippen molar-refractivity contribution in [1.29, 1.82) is 0 Å². The third-order valence-electron chi connectivity index (χ3n) is 2.97. The van der Waals surface area contributed by atoms with Crippen LogP contribution < -0.4 is 4.74 Å². The van der Waals surface area contributed by atoms with Gasteiger partial charge in [-0.25, -0.2) is 4.79 Å². The molecule has 0 aliphatic carbocycles. The molecule has 0 N–H and O–H groups in total. The molecule has 0 saturated carbocycles. The van der Waals surface area contributed by atoms with E-state index in [-0.39, 0.29) is 12.2 Å². The zero-order chi connectivity index (χ0) is 13.0. The molecule has 1 heterocycles. The van der Waals surface area contributed by atoms with Crippen LogP contribution in [0.5, 0.6) is 5.75 Å². The minimum atomic E-state index is -0.267. The van der Waals surface area contributed by atoms with E-state index >= 15 is 0 Å². The van der Waals surface area contributed by atoms with Crippen LogP contribution in [-0.2, 0) is 4.74 Å². The Balaban J connectivity index is 1.85. The van der Waals surface area contributed by atoms with Crippen molar-refractivity contribution in [3.8, 4) is 5.75 Å². The van der Waals surface area contributed by atoms with E-state index in [1.807, 2.05) is 18.2 Å². The average molecular weight is 270 g/mol. The normalized spacial score (nSPS) is 16.4. The third-order valence-corrected chi connectivity index (χ3v) is 3.21. The van der Waals surface area contributed by atoms with Gasteiger partial charge in [-0.15, -0.1) is 0 Å². The number of carbonyl (C=O) groups excluding carboxylic acids is 1. The second-order valence-electron chi connectivity index (χ2n) is 4.23. The van der Waals surface area contributed by atoms with E-state index in [1.165, 1.54) is 7.11 Å². The van der Waals surface area contributed by atoms with E-state index in [1.54, 1.807) is 11.0 Å². The number of likely N-dealkylation sites (tertiary alicyclic amines) is 1. The SMILES string of the molecule is COC(=O)N1CCC(Oc2cccc(Cl)c2)CC1. The Morgan fingerprint density at radius 1 is 1.39 bits per heavy atom. The number of benzene rings is 1. The van der Waals surface area contributed by atoms with Crippen LogP contribution in [0.3, 0.4) is 0 Å². The highest BCUT2D eigenvalue weighted by Crippen LogP contribution is 2.22. The predicted molar refractivity (Wildman–Crippen MR) is 69.1 cm³/mol. The van der Waals surface area contributed by atoms with Crippen molar-refractivity contribution in [2.45, 2.75) is 18.9 Å². The Morgan fingerprint density at radius 3 is 2.72 bits per heavy atom. The summed E-state index contributed by atoms with van der Waals surface area (Å²) in [6.07, 6.45) is 1.48. The van der Waals surface area contributed by atoms with Crippen molar-refractivity contribution >= 4 is 17.7 Å². The van der Waals surface area contributed by atoms with Gasteiger partial charge in [0.1, 0.15) is 11.9 Å². The van der Waals surface area contributed by atoms with Gasteiger partial charge in [-0.05, 0) is 18.2 Å². The van der Waals surface area contributed by atoms with Gasteiger partial charge in [0, 0.05) is 31.0 Å². The number of amides is 1. The Bertz CT molecular complexity index is 416. The predicted octanol–water partition coefficient (Wildman–Crippen LogP) is 2.95. The number of nitrogens with zero attached hydrogens (tertiary/aromatic N) is 1. The van der Waals surface area contributed by atoms with Crippen molar-refractivity contribution in [3.05, 3.63) is 29.3 Å². The first-order valence-corrected chi connectivity index (χ1v) is 6.32. The molecule has 2 rings (SSSR count). The number of hydrogen-bond donors (Lipinski definition) is 0. The summed E-state index contributed by atoms with van der Waals surface area (Å²) < 4.78 is 10.5. The van der Waals surface area contributed by atoms with E-state index in [2.05, 4.69) is 4.74 Å². The smallest absolute Gasteiger partial charge is 0.409 e. The molecule has 0 atom stereocenters. The van der Waals surface area contributed by atoms with Crippen molar-refractivity contribution in [2.75, 3.05) is 20.2 Å². The first-order chi connectivity index (χ1) is 8.69. The van der Waals surface area contributed by atoms with E-state index in [0.717, 1.165) is 18.6 Å². The fraction of sp³-hybridized carbons (Fsp3) is 0.462. The summed E-state index contributed by atoms with van der Waals surface area (Å²) >= 11 is 5.90. The molecule has 0 bridgehead atoms.